The van der Waals surface area contributed by atoms with Crippen LogP contribution in [0.1, 0.15) is 27.4 Å². The maximum atomic E-state index is 12.5. The van der Waals surface area contributed by atoms with Crippen molar-refractivity contribution < 1.29 is 23.8 Å². The Morgan fingerprint density at radius 2 is 1.74 bits per heavy atom. The maximum Gasteiger partial charge on any atom is 0.274 e. The average molecular weight is 373 g/mol. The van der Waals surface area contributed by atoms with Crippen LogP contribution < -0.4 is 20.1 Å². The molecule has 2 amide bonds. The van der Waals surface area contributed by atoms with E-state index in [1.807, 2.05) is 0 Å². The number of carbonyl (C=O) groups is 2. The van der Waals surface area contributed by atoms with Gasteiger partial charge in [-0.1, -0.05) is 6.07 Å². The Kier molecular flexibility index (Phi) is 7.57. The van der Waals surface area contributed by atoms with Gasteiger partial charge in [-0.25, -0.2) is 4.98 Å². The first-order valence-corrected chi connectivity index (χ1v) is 8.36. The van der Waals surface area contributed by atoms with Gasteiger partial charge in [-0.3, -0.25) is 9.59 Å². The van der Waals surface area contributed by atoms with E-state index >= 15 is 0 Å². The van der Waals surface area contributed by atoms with Crippen molar-refractivity contribution in [1.82, 2.24) is 10.3 Å². The number of pyridine rings is 1. The Morgan fingerprint density at radius 1 is 1.00 bits per heavy atom. The van der Waals surface area contributed by atoms with Crippen LogP contribution in [0.15, 0.2) is 36.4 Å². The minimum absolute atomic E-state index is 0.123. The second-order valence-electron chi connectivity index (χ2n) is 5.53. The molecule has 144 valence electrons. The largest absolute Gasteiger partial charge is 0.497 e. The molecule has 0 aliphatic heterocycles. The summed E-state index contributed by atoms with van der Waals surface area (Å²) in [6, 6.07) is 9.73. The smallest absolute Gasteiger partial charge is 0.274 e. The predicted molar refractivity (Wildman–Crippen MR) is 101 cm³/mol. The Morgan fingerprint density at radius 3 is 2.41 bits per heavy atom. The summed E-state index contributed by atoms with van der Waals surface area (Å²) < 4.78 is 15.3. The van der Waals surface area contributed by atoms with Gasteiger partial charge in [0.15, 0.2) is 0 Å². The molecule has 0 fully saturated rings. The number of carbonyl (C=O) groups excluding carboxylic acids is 2. The summed E-state index contributed by atoms with van der Waals surface area (Å²) in [6.07, 6.45) is 0.694. The molecule has 2 N–H and O–H groups in total. The highest BCUT2D eigenvalue weighted by Crippen LogP contribution is 2.29. The number of hydrogen-bond donors (Lipinski definition) is 2. The lowest BCUT2D eigenvalue weighted by atomic mass is 10.2. The highest BCUT2D eigenvalue weighted by Gasteiger charge is 2.14. The van der Waals surface area contributed by atoms with E-state index < -0.39 is 5.91 Å². The van der Waals surface area contributed by atoms with Gasteiger partial charge in [0.2, 0.25) is 0 Å². The van der Waals surface area contributed by atoms with E-state index in [2.05, 4.69) is 15.6 Å². The fourth-order valence-electron chi connectivity index (χ4n) is 2.28. The molecule has 0 saturated carbocycles. The standard InChI is InChI=1S/C19H23N3O5/c1-25-11-5-10-20-18(23)15-6-4-7-16(21-15)19(24)22-14-9-8-13(26-2)12-17(14)27-3/h4,6-9,12H,5,10-11H2,1-3H3,(H,20,23)(H,22,24). The number of nitrogens with zero attached hydrogens (tertiary/aromatic N) is 1. The van der Waals surface area contributed by atoms with E-state index in [1.165, 1.54) is 13.2 Å². The van der Waals surface area contributed by atoms with Crippen LogP contribution in [0.4, 0.5) is 5.69 Å². The Bertz CT molecular complexity index is 795. The Balaban J connectivity index is 2.08. The number of nitrogens with one attached hydrogen (secondary N) is 2. The first-order valence-electron chi connectivity index (χ1n) is 8.36. The highest BCUT2D eigenvalue weighted by atomic mass is 16.5. The molecule has 27 heavy (non-hydrogen) atoms. The first kappa shape index (κ1) is 20.2. The number of rotatable bonds is 9. The van der Waals surface area contributed by atoms with E-state index in [1.54, 1.807) is 44.6 Å². The molecule has 0 spiro atoms. The lowest BCUT2D eigenvalue weighted by Gasteiger charge is -2.11. The summed E-state index contributed by atoms with van der Waals surface area (Å²) >= 11 is 0. The number of benzene rings is 1. The van der Waals surface area contributed by atoms with E-state index in [0.29, 0.717) is 36.8 Å². The molecule has 1 heterocycles. The average Bonchev–Trinajstić information content (AvgIpc) is 2.71. The molecule has 1 aromatic heterocycles. The number of anilines is 1. The van der Waals surface area contributed by atoms with Crippen LogP contribution in [0.3, 0.4) is 0 Å². The van der Waals surface area contributed by atoms with Crippen molar-refractivity contribution in [3.63, 3.8) is 0 Å². The summed E-state index contributed by atoms with van der Waals surface area (Å²) in [6.45, 7) is 1.02. The van der Waals surface area contributed by atoms with Crippen molar-refractivity contribution in [3.8, 4) is 11.5 Å². The summed E-state index contributed by atoms with van der Waals surface area (Å²) in [4.78, 5) is 28.8. The molecule has 8 heteroatoms. The molecular weight excluding hydrogens is 350 g/mol. The fourth-order valence-corrected chi connectivity index (χ4v) is 2.28. The number of hydrogen-bond acceptors (Lipinski definition) is 6. The molecule has 0 aliphatic rings. The zero-order valence-corrected chi connectivity index (χ0v) is 15.6. The summed E-state index contributed by atoms with van der Waals surface area (Å²) in [5, 5.41) is 5.46. The molecule has 0 atom stereocenters. The van der Waals surface area contributed by atoms with Gasteiger partial charge >= 0.3 is 0 Å². The number of ether oxygens (including phenoxy) is 3. The topological polar surface area (TPSA) is 98.8 Å². The molecule has 8 nitrogen and oxygen atoms in total. The van der Waals surface area contributed by atoms with Gasteiger partial charge in [0, 0.05) is 26.3 Å². The van der Waals surface area contributed by atoms with Crippen LogP contribution in [0, 0.1) is 0 Å². The monoisotopic (exact) mass is 373 g/mol. The SMILES string of the molecule is COCCCNC(=O)c1cccc(C(=O)Nc2ccc(OC)cc2OC)n1. The lowest BCUT2D eigenvalue weighted by Crippen LogP contribution is -2.27. The van der Waals surface area contributed by atoms with E-state index in [9.17, 15) is 9.59 Å². The second kappa shape index (κ2) is 10.1. The molecule has 1 aromatic carbocycles. The summed E-state index contributed by atoms with van der Waals surface area (Å²) in [5.74, 6) is 0.264. The summed E-state index contributed by atoms with van der Waals surface area (Å²) in [7, 11) is 4.64. The molecule has 0 saturated heterocycles. The zero-order valence-electron chi connectivity index (χ0n) is 15.6. The van der Waals surface area contributed by atoms with Crippen molar-refractivity contribution in [2.75, 3.05) is 39.8 Å². The number of methoxy groups -OCH3 is 3. The summed E-state index contributed by atoms with van der Waals surface area (Å²) in [5.41, 5.74) is 0.763. The fraction of sp³-hybridized carbons (Fsp3) is 0.316. The third kappa shape index (κ3) is 5.68. The van der Waals surface area contributed by atoms with Crippen molar-refractivity contribution in [3.05, 3.63) is 47.8 Å². The van der Waals surface area contributed by atoms with Crippen LogP contribution in [0.25, 0.3) is 0 Å². The Hall–Kier alpha value is -3.13. The van der Waals surface area contributed by atoms with E-state index in [4.69, 9.17) is 14.2 Å². The van der Waals surface area contributed by atoms with Crippen LogP contribution in [0.2, 0.25) is 0 Å². The normalized spacial score (nSPS) is 10.2. The molecule has 0 bridgehead atoms. The third-order valence-electron chi connectivity index (χ3n) is 3.68. The van der Waals surface area contributed by atoms with Crippen LogP contribution in [0.5, 0.6) is 11.5 Å². The van der Waals surface area contributed by atoms with Gasteiger partial charge in [0.1, 0.15) is 22.9 Å². The third-order valence-corrected chi connectivity index (χ3v) is 3.68. The van der Waals surface area contributed by atoms with Gasteiger partial charge in [0.25, 0.3) is 11.8 Å². The van der Waals surface area contributed by atoms with Gasteiger partial charge in [-0.2, -0.15) is 0 Å². The molecule has 2 aromatic rings. The van der Waals surface area contributed by atoms with Crippen LogP contribution in [-0.4, -0.2) is 51.3 Å². The van der Waals surface area contributed by atoms with Crippen molar-refractivity contribution in [2.24, 2.45) is 0 Å². The first-order chi connectivity index (χ1) is 13.1. The van der Waals surface area contributed by atoms with Gasteiger partial charge in [0.05, 0.1) is 19.9 Å². The van der Waals surface area contributed by atoms with E-state index in [0.717, 1.165) is 0 Å². The van der Waals surface area contributed by atoms with Crippen molar-refractivity contribution in [1.29, 1.82) is 0 Å². The highest BCUT2D eigenvalue weighted by molar-refractivity contribution is 6.04. The molecule has 0 aliphatic carbocycles. The van der Waals surface area contributed by atoms with Crippen LogP contribution >= 0.6 is 0 Å². The second-order valence-corrected chi connectivity index (χ2v) is 5.53. The van der Waals surface area contributed by atoms with Crippen molar-refractivity contribution >= 4 is 17.5 Å². The lowest BCUT2D eigenvalue weighted by molar-refractivity contribution is 0.0943. The molecule has 2 rings (SSSR count). The molecule has 0 radical (unpaired) electrons. The minimum Gasteiger partial charge on any atom is -0.497 e. The van der Waals surface area contributed by atoms with Gasteiger partial charge < -0.3 is 24.8 Å². The van der Waals surface area contributed by atoms with Gasteiger partial charge in [-0.05, 0) is 30.7 Å². The quantitative estimate of drug-likeness (QED) is 0.653. The zero-order chi connectivity index (χ0) is 19.6. The Labute approximate surface area is 157 Å². The predicted octanol–water partition coefficient (Wildman–Crippen LogP) is 2.12. The van der Waals surface area contributed by atoms with Crippen molar-refractivity contribution in [2.45, 2.75) is 6.42 Å². The minimum atomic E-state index is -0.451. The maximum absolute atomic E-state index is 12.5. The number of aromatic nitrogens is 1. The van der Waals surface area contributed by atoms with Crippen LogP contribution in [-0.2, 0) is 4.74 Å². The van der Waals surface area contributed by atoms with E-state index in [-0.39, 0.29) is 17.3 Å². The molecule has 0 unspecified atom stereocenters. The van der Waals surface area contributed by atoms with Gasteiger partial charge in [-0.15, -0.1) is 0 Å². The number of amides is 2. The molecular formula is C19H23N3O5.